The second-order valence-corrected chi connectivity index (χ2v) is 5.98. The largest absolute Gasteiger partial charge is 0.330 e. The third kappa shape index (κ3) is 8.88. The molecule has 0 atom stereocenters. The Balaban J connectivity index is 3.67. The lowest BCUT2D eigenvalue weighted by atomic mass is 9.89. The topological polar surface area (TPSA) is 29.3 Å². The first-order valence-corrected chi connectivity index (χ1v) is 6.26. The van der Waals surface area contributed by atoms with Crippen molar-refractivity contribution in [2.75, 3.05) is 26.7 Å². The standard InChI is InChI=1S/C13H30N2/c1-12(2)7-6-10-15(5)11-13(3,4)8-9-14/h12H,6-11,14H2,1-5H3. The van der Waals surface area contributed by atoms with Crippen LogP contribution in [0.5, 0.6) is 0 Å². The van der Waals surface area contributed by atoms with Crippen molar-refractivity contribution < 1.29 is 0 Å². The minimum Gasteiger partial charge on any atom is -0.330 e. The third-order valence-corrected chi connectivity index (χ3v) is 2.84. The maximum atomic E-state index is 5.61. The van der Waals surface area contributed by atoms with Crippen LogP contribution in [0.3, 0.4) is 0 Å². The average Bonchev–Trinajstić information content (AvgIpc) is 2.01. The lowest BCUT2D eigenvalue weighted by molar-refractivity contribution is 0.196. The summed E-state index contributed by atoms with van der Waals surface area (Å²) < 4.78 is 0. The molecule has 92 valence electrons. The van der Waals surface area contributed by atoms with Gasteiger partial charge in [-0.2, -0.15) is 0 Å². The van der Waals surface area contributed by atoms with Crippen LogP contribution < -0.4 is 5.73 Å². The zero-order valence-electron chi connectivity index (χ0n) is 11.3. The first-order valence-electron chi connectivity index (χ1n) is 6.26. The SMILES string of the molecule is CC(C)CCCN(C)CC(C)(C)CCN. The number of rotatable bonds is 8. The van der Waals surface area contributed by atoms with E-state index in [2.05, 4.69) is 39.6 Å². The third-order valence-electron chi connectivity index (χ3n) is 2.84. The molecular weight excluding hydrogens is 184 g/mol. The van der Waals surface area contributed by atoms with Crippen LogP contribution in [0.15, 0.2) is 0 Å². The maximum Gasteiger partial charge on any atom is 0.00301 e. The highest BCUT2D eigenvalue weighted by Crippen LogP contribution is 2.20. The Morgan fingerprint density at radius 1 is 1.27 bits per heavy atom. The molecule has 0 aliphatic heterocycles. The van der Waals surface area contributed by atoms with E-state index in [4.69, 9.17) is 5.73 Å². The van der Waals surface area contributed by atoms with Gasteiger partial charge in [0.05, 0.1) is 0 Å². The Bertz CT molecular complexity index is 153. The Kier molecular flexibility index (Phi) is 7.20. The number of nitrogens with zero attached hydrogens (tertiary/aromatic N) is 1. The van der Waals surface area contributed by atoms with E-state index in [-0.39, 0.29) is 0 Å². The number of hydrogen-bond donors (Lipinski definition) is 1. The molecule has 0 aliphatic rings. The van der Waals surface area contributed by atoms with E-state index in [9.17, 15) is 0 Å². The van der Waals surface area contributed by atoms with Crippen molar-refractivity contribution >= 4 is 0 Å². The Hall–Kier alpha value is -0.0800. The van der Waals surface area contributed by atoms with Crippen LogP contribution in [-0.4, -0.2) is 31.6 Å². The highest BCUT2D eigenvalue weighted by molar-refractivity contribution is 4.72. The molecule has 0 aromatic rings. The molecule has 2 heteroatoms. The Morgan fingerprint density at radius 2 is 1.87 bits per heavy atom. The van der Waals surface area contributed by atoms with Gasteiger partial charge in [-0.15, -0.1) is 0 Å². The maximum absolute atomic E-state index is 5.61. The predicted molar refractivity (Wildman–Crippen MR) is 69.0 cm³/mol. The molecule has 0 rings (SSSR count). The van der Waals surface area contributed by atoms with Gasteiger partial charge in [0, 0.05) is 6.54 Å². The van der Waals surface area contributed by atoms with Gasteiger partial charge < -0.3 is 10.6 Å². The van der Waals surface area contributed by atoms with Crippen LogP contribution in [-0.2, 0) is 0 Å². The molecule has 0 fully saturated rings. The van der Waals surface area contributed by atoms with E-state index >= 15 is 0 Å². The van der Waals surface area contributed by atoms with Crippen molar-refractivity contribution in [3.05, 3.63) is 0 Å². The summed E-state index contributed by atoms with van der Waals surface area (Å²) in [7, 11) is 2.22. The smallest absolute Gasteiger partial charge is 0.00301 e. The summed E-state index contributed by atoms with van der Waals surface area (Å²) >= 11 is 0. The molecule has 0 amide bonds. The van der Waals surface area contributed by atoms with Crippen LogP contribution >= 0.6 is 0 Å². The molecule has 2 N–H and O–H groups in total. The normalized spacial score (nSPS) is 12.8. The molecule has 0 saturated carbocycles. The van der Waals surface area contributed by atoms with Gasteiger partial charge >= 0.3 is 0 Å². The van der Waals surface area contributed by atoms with Crippen LogP contribution in [0.2, 0.25) is 0 Å². The first kappa shape index (κ1) is 14.9. The van der Waals surface area contributed by atoms with Gasteiger partial charge in [-0.1, -0.05) is 27.7 Å². The molecule has 0 unspecified atom stereocenters. The number of nitrogens with two attached hydrogens (primary N) is 1. The van der Waals surface area contributed by atoms with E-state index in [1.165, 1.54) is 19.4 Å². The predicted octanol–water partition coefficient (Wildman–Crippen LogP) is 2.73. The van der Waals surface area contributed by atoms with E-state index in [0.29, 0.717) is 5.41 Å². The molecule has 0 radical (unpaired) electrons. The van der Waals surface area contributed by atoms with Gasteiger partial charge in [-0.05, 0) is 50.7 Å². The van der Waals surface area contributed by atoms with Crippen LogP contribution in [0, 0.1) is 11.3 Å². The zero-order chi connectivity index (χ0) is 11.9. The molecule has 15 heavy (non-hydrogen) atoms. The van der Waals surface area contributed by atoms with Gasteiger partial charge in [0.2, 0.25) is 0 Å². The van der Waals surface area contributed by atoms with Gasteiger partial charge in [-0.25, -0.2) is 0 Å². The van der Waals surface area contributed by atoms with Crippen molar-refractivity contribution in [2.45, 2.75) is 47.0 Å². The summed E-state index contributed by atoms with van der Waals surface area (Å²) in [5, 5.41) is 0. The van der Waals surface area contributed by atoms with Gasteiger partial charge in [-0.3, -0.25) is 0 Å². The monoisotopic (exact) mass is 214 g/mol. The zero-order valence-corrected chi connectivity index (χ0v) is 11.3. The molecule has 0 aliphatic carbocycles. The van der Waals surface area contributed by atoms with E-state index < -0.39 is 0 Å². The fourth-order valence-electron chi connectivity index (χ4n) is 2.05. The molecular formula is C13H30N2. The second-order valence-electron chi connectivity index (χ2n) is 5.98. The molecule has 0 aromatic heterocycles. The Labute approximate surface area is 96.2 Å². The number of hydrogen-bond acceptors (Lipinski definition) is 2. The summed E-state index contributed by atoms with van der Waals surface area (Å²) in [5.41, 5.74) is 5.97. The minimum atomic E-state index is 0.362. The lowest BCUT2D eigenvalue weighted by Crippen LogP contribution is -2.33. The Morgan fingerprint density at radius 3 is 2.33 bits per heavy atom. The fraction of sp³-hybridized carbons (Fsp3) is 1.00. The molecule has 0 spiro atoms. The first-order chi connectivity index (χ1) is 6.87. The van der Waals surface area contributed by atoms with E-state index in [0.717, 1.165) is 25.4 Å². The fourth-order valence-corrected chi connectivity index (χ4v) is 2.05. The molecule has 0 heterocycles. The van der Waals surface area contributed by atoms with Crippen molar-refractivity contribution in [3.63, 3.8) is 0 Å². The van der Waals surface area contributed by atoms with Crippen LogP contribution in [0.4, 0.5) is 0 Å². The molecule has 0 aromatic carbocycles. The van der Waals surface area contributed by atoms with E-state index in [1.54, 1.807) is 0 Å². The van der Waals surface area contributed by atoms with Crippen molar-refractivity contribution in [3.8, 4) is 0 Å². The van der Waals surface area contributed by atoms with Gasteiger partial charge in [0.25, 0.3) is 0 Å². The van der Waals surface area contributed by atoms with Gasteiger partial charge in [0.1, 0.15) is 0 Å². The van der Waals surface area contributed by atoms with Crippen LogP contribution in [0.1, 0.15) is 47.0 Å². The van der Waals surface area contributed by atoms with E-state index in [1.807, 2.05) is 0 Å². The van der Waals surface area contributed by atoms with Crippen LogP contribution in [0.25, 0.3) is 0 Å². The highest BCUT2D eigenvalue weighted by atomic mass is 15.1. The molecule has 2 nitrogen and oxygen atoms in total. The van der Waals surface area contributed by atoms with Gasteiger partial charge in [0.15, 0.2) is 0 Å². The van der Waals surface area contributed by atoms with Crippen molar-refractivity contribution in [1.29, 1.82) is 0 Å². The quantitative estimate of drug-likeness (QED) is 0.673. The second kappa shape index (κ2) is 7.24. The lowest BCUT2D eigenvalue weighted by Gasteiger charge is -2.30. The van der Waals surface area contributed by atoms with Crippen molar-refractivity contribution in [2.24, 2.45) is 17.1 Å². The summed E-state index contributed by atoms with van der Waals surface area (Å²) in [6.07, 6.45) is 3.76. The average molecular weight is 214 g/mol. The molecule has 0 saturated heterocycles. The summed E-state index contributed by atoms with van der Waals surface area (Å²) in [6.45, 7) is 12.4. The highest BCUT2D eigenvalue weighted by Gasteiger charge is 2.18. The van der Waals surface area contributed by atoms with Crippen molar-refractivity contribution in [1.82, 2.24) is 4.90 Å². The molecule has 0 bridgehead atoms. The summed E-state index contributed by atoms with van der Waals surface area (Å²) in [4.78, 5) is 2.44. The summed E-state index contributed by atoms with van der Waals surface area (Å²) in [5.74, 6) is 0.829. The summed E-state index contributed by atoms with van der Waals surface area (Å²) in [6, 6.07) is 0. The minimum absolute atomic E-state index is 0.362.